The second-order valence-electron chi connectivity index (χ2n) is 5.89. The Kier molecular flexibility index (Phi) is 6.90. The average Bonchev–Trinajstić information content (AvgIpc) is 2.60. The molecule has 0 aliphatic heterocycles. The predicted molar refractivity (Wildman–Crippen MR) is 97.3 cm³/mol. The van der Waals surface area contributed by atoms with Gasteiger partial charge in [-0.1, -0.05) is 11.6 Å². The maximum absolute atomic E-state index is 12.5. The van der Waals surface area contributed by atoms with Crippen LogP contribution in [0.25, 0.3) is 0 Å². The van der Waals surface area contributed by atoms with Gasteiger partial charge in [0.25, 0.3) is 5.91 Å². The first-order valence-corrected chi connectivity index (χ1v) is 8.50. The van der Waals surface area contributed by atoms with E-state index in [2.05, 4.69) is 5.32 Å². The maximum atomic E-state index is 12.5. The van der Waals surface area contributed by atoms with Crippen LogP contribution in [0.1, 0.15) is 18.1 Å². The van der Waals surface area contributed by atoms with E-state index in [0.29, 0.717) is 10.8 Å². The quantitative estimate of drug-likeness (QED) is 0.699. The van der Waals surface area contributed by atoms with Gasteiger partial charge in [-0.05, 0) is 61.9 Å². The molecule has 2 aromatic rings. The standard InChI is InChI=1S/C19H17ClF3NO4/c1-11-9-14(20)5-8-16(11)27-10-17(25)28-12(2)18(26)24-15-6-3-13(4-7-15)19(21,22)23/h3-9,12H,10H2,1-2H3,(H,24,26)/t12-/m1/s1. The number of alkyl halides is 3. The molecule has 0 unspecified atom stereocenters. The molecule has 1 atom stereocenters. The fourth-order valence-corrected chi connectivity index (χ4v) is 2.41. The first-order chi connectivity index (χ1) is 13.1. The van der Waals surface area contributed by atoms with E-state index in [4.69, 9.17) is 21.1 Å². The van der Waals surface area contributed by atoms with Crippen molar-refractivity contribution in [3.63, 3.8) is 0 Å². The number of nitrogens with one attached hydrogen (secondary N) is 1. The van der Waals surface area contributed by atoms with Crippen molar-refractivity contribution in [3.8, 4) is 5.75 Å². The number of carbonyl (C=O) groups is 2. The molecule has 1 N–H and O–H groups in total. The fourth-order valence-electron chi connectivity index (χ4n) is 2.18. The molecule has 0 aliphatic carbocycles. The molecule has 5 nitrogen and oxygen atoms in total. The molecular weight excluding hydrogens is 399 g/mol. The summed E-state index contributed by atoms with van der Waals surface area (Å²) in [5.74, 6) is -1.01. The lowest BCUT2D eigenvalue weighted by Gasteiger charge is -2.15. The van der Waals surface area contributed by atoms with Crippen molar-refractivity contribution in [3.05, 3.63) is 58.6 Å². The van der Waals surface area contributed by atoms with Crippen molar-refractivity contribution in [2.45, 2.75) is 26.1 Å². The number of anilines is 1. The van der Waals surface area contributed by atoms with Crippen LogP contribution in [0.5, 0.6) is 5.75 Å². The van der Waals surface area contributed by atoms with Crippen LogP contribution < -0.4 is 10.1 Å². The molecule has 0 heterocycles. The summed E-state index contributed by atoms with van der Waals surface area (Å²) in [5, 5.41) is 2.90. The number of aryl methyl sites for hydroxylation is 1. The van der Waals surface area contributed by atoms with Crippen molar-refractivity contribution < 1.29 is 32.2 Å². The van der Waals surface area contributed by atoms with Gasteiger partial charge in [0.15, 0.2) is 12.7 Å². The van der Waals surface area contributed by atoms with Crippen molar-refractivity contribution in [1.82, 2.24) is 0 Å². The Bertz CT molecular complexity index is 853. The van der Waals surface area contributed by atoms with Crippen LogP contribution in [0.4, 0.5) is 18.9 Å². The molecule has 9 heteroatoms. The van der Waals surface area contributed by atoms with Crippen LogP contribution in [0.2, 0.25) is 5.02 Å². The van der Waals surface area contributed by atoms with Gasteiger partial charge in [-0.3, -0.25) is 4.79 Å². The van der Waals surface area contributed by atoms with Crippen LogP contribution in [0.3, 0.4) is 0 Å². The zero-order valence-electron chi connectivity index (χ0n) is 15.0. The number of hydrogen-bond acceptors (Lipinski definition) is 4. The summed E-state index contributed by atoms with van der Waals surface area (Å²) in [4.78, 5) is 23.9. The number of esters is 1. The lowest BCUT2D eigenvalue weighted by Crippen LogP contribution is -2.31. The molecule has 2 aromatic carbocycles. The number of benzene rings is 2. The Morgan fingerprint density at radius 3 is 2.36 bits per heavy atom. The van der Waals surface area contributed by atoms with E-state index in [1.54, 1.807) is 25.1 Å². The largest absolute Gasteiger partial charge is 0.482 e. The van der Waals surface area contributed by atoms with Gasteiger partial charge in [-0.15, -0.1) is 0 Å². The summed E-state index contributed by atoms with van der Waals surface area (Å²) < 4.78 is 47.9. The van der Waals surface area contributed by atoms with Gasteiger partial charge < -0.3 is 14.8 Å². The average molecular weight is 416 g/mol. The summed E-state index contributed by atoms with van der Waals surface area (Å²) in [6.45, 7) is 2.68. The molecule has 28 heavy (non-hydrogen) atoms. The Balaban J connectivity index is 1.85. The van der Waals surface area contributed by atoms with Crippen molar-refractivity contribution in [2.75, 3.05) is 11.9 Å². The summed E-state index contributed by atoms with van der Waals surface area (Å²) in [5.41, 5.74) is 0.0435. The van der Waals surface area contributed by atoms with E-state index in [1.807, 2.05) is 0 Å². The zero-order valence-corrected chi connectivity index (χ0v) is 15.7. The summed E-state index contributed by atoms with van der Waals surface area (Å²) >= 11 is 5.83. The molecule has 0 fully saturated rings. The fraction of sp³-hybridized carbons (Fsp3) is 0.263. The highest BCUT2D eigenvalue weighted by Crippen LogP contribution is 2.29. The van der Waals surface area contributed by atoms with E-state index in [9.17, 15) is 22.8 Å². The van der Waals surface area contributed by atoms with Gasteiger partial charge in [0, 0.05) is 10.7 Å². The lowest BCUT2D eigenvalue weighted by atomic mass is 10.2. The number of rotatable bonds is 6. The summed E-state index contributed by atoms with van der Waals surface area (Å²) in [7, 11) is 0. The topological polar surface area (TPSA) is 64.6 Å². The van der Waals surface area contributed by atoms with E-state index in [1.165, 1.54) is 6.92 Å². The highest BCUT2D eigenvalue weighted by Gasteiger charge is 2.30. The van der Waals surface area contributed by atoms with E-state index >= 15 is 0 Å². The monoisotopic (exact) mass is 415 g/mol. The van der Waals surface area contributed by atoms with Crippen molar-refractivity contribution in [1.29, 1.82) is 0 Å². The molecule has 0 saturated carbocycles. The Labute approximate surface area is 164 Å². The van der Waals surface area contributed by atoms with Crippen LogP contribution in [-0.2, 0) is 20.5 Å². The molecule has 0 radical (unpaired) electrons. The third-order valence-corrected chi connectivity index (χ3v) is 3.87. The number of ether oxygens (including phenoxy) is 2. The van der Waals surface area contributed by atoms with Crippen LogP contribution in [0, 0.1) is 6.92 Å². The van der Waals surface area contributed by atoms with E-state index in [0.717, 1.165) is 29.8 Å². The number of hydrogen-bond donors (Lipinski definition) is 1. The van der Waals surface area contributed by atoms with Gasteiger partial charge >= 0.3 is 12.1 Å². The normalized spacial score (nSPS) is 12.2. The first-order valence-electron chi connectivity index (χ1n) is 8.13. The minimum Gasteiger partial charge on any atom is -0.482 e. The molecule has 0 aliphatic rings. The van der Waals surface area contributed by atoms with Gasteiger partial charge in [0.2, 0.25) is 0 Å². The Hall–Kier alpha value is -2.74. The van der Waals surface area contributed by atoms with E-state index in [-0.39, 0.29) is 5.69 Å². The Morgan fingerprint density at radius 1 is 1.14 bits per heavy atom. The van der Waals surface area contributed by atoms with Gasteiger partial charge in [-0.2, -0.15) is 13.2 Å². The molecular formula is C19H17ClF3NO4. The molecule has 1 amide bonds. The van der Waals surface area contributed by atoms with E-state index < -0.39 is 36.3 Å². The highest BCUT2D eigenvalue weighted by atomic mass is 35.5. The number of halogens is 4. The lowest BCUT2D eigenvalue weighted by molar-refractivity contribution is -0.155. The molecule has 0 saturated heterocycles. The molecule has 0 spiro atoms. The second-order valence-corrected chi connectivity index (χ2v) is 6.33. The summed E-state index contributed by atoms with van der Waals surface area (Å²) in [6.07, 6.45) is -5.63. The predicted octanol–water partition coefficient (Wildman–Crippen LogP) is 4.62. The Morgan fingerprint density at radius 2 is 1.79 bits per heavy atom. The van der Waals surface area contributed by atoms with Gasteiger partial charge in [0.1, 0.15) is 5.75 Å². The number of amides is 1. The van der Waals surface area contributed by atoms with Gasteiger partial charge in [0.05, 0.1) is 5.56 Å². The third-order valence-electron chi connectivity index (χ3n) is 3.64. The second kappa shape index (κ2) is 8.97. The van der Waals surface area contributed by atoms with Crippen molar-refractivity contribution >= 4 is 29.2 Å². The third kappa shape index (κ3) is 6.16. The summed E-state index contributed by atoms with van der Waals surface area (Å²) in [6, 6.07) is 8.79. The minimum absolute atomic E-state index is 0.147. The zero-order chi connectivity index (χ0) is 20.9. The SMILES string of the molecule is Cc1cc(Cl)ccc1OCC(=O)O[C@H](C)C(=O)Nc1ccc(C(F)(F)F)cc1. The van der Waals surface area contributed by atoms with Crippen LogP contribution >= 0.6 is 11.6 Å². The molecule has 150 valence electrons. The van der Waals surface area contributed by atoms with Crippen LogP contribution in [0.15, 0.2) is 42.5 Å². The van der Waals surface area contributed by atoms with Gasteiger partial charge in [-0.25, -0.2) is 4.79 Å². The molecule has 2 rings (SSSR count). The highest BCUT2D eigenvalue weighted by molar-refractivity contribution is 6.30. The maximum Gasteiger partial charge on any atom is 0.416 e. The van der Waals surface area contributed by atoms with Crippen LogP contribution in [-0.4, -0.2) is 24.6 Å². The molecule has 0 bridgehead atoms. The molecule has 0 aromatic heterocycles. The minimum atomic E-state index is -4.46. The first kappa shape index (κ1) is 21.6. The smallest absolute Gasteiger partial charge is 0.416 e. The number of carbonyl (C=O) groups excluding carboxylic acids is 2. The van der Waals surface area contributed by atoms with Crippen molar-refractivity contribution in [2.24, 2.45) is 0 Å².